The lowest BCUT2D eigenvalue weighted by molar-refractivity contribution is -0.150. The Bertz CT molecular complexity index is 1060. The molecule has 1 saturated heterocycles. The van der Waals surface area contributed by atoms with Crippen LogP contribution in [0.5, 0.6) is 0 Å². The summed E-state index contributed by atoms with van der Waals surface area (Å²) in [5.41, 5.74) is 4.50. The molecule has 1 aliphatic heterocycles. The molecular weight excluding hydrogens is 464 g/mol. The number of carboxylic acids is 1. The average molecular weight is 497 g/mol. The lowest BCUT2D eigenvalue weighted by Crippen LogP contribution is -2.56. The van der Waals surface area contributed by atoms with Crippen molar-refractivity contribution in [3.8, 4) is 11.1 Å². The highest BCUT2D eigenvalue weighted by molar-refractivity contribution is 8.00. The quantitative estimate of drug-likeness (QED) is 0.550. The Hall–Kier alpha value is -3.00. The highest BCUT2D eigenvalue weighted by atomic mass is 32.2. The Kier molecular flexibility index (Phi) is 7.69. The number of nitrogens with one attached hydrogen (secondary N) is 1. The summed E-state index contributed by atoms with van der Waals surface area (Å²) in [6.07, 6.45) is 0.861. The van der Waals surface area contributed by atoms with E-state index in [1.54, 1.807) is 0 Å². The van der Waals surface area contributed by atoms with E-state index in [0.717, 1.165) is 28.7 Å². The zero-order valence-electron chi connectivity index (χ0n) is 20.3. The number of rotatable bonds is 8. The largest absolute Gasteiger partial charge is 0.480 e. The minimum Gasteiger partial charge on any atom is -0.480 e. The van der Waals surface area contributed by atoms with Gasteiger partial charge in [-0.2, -0.15) is 0 Å². The third-order valence-electron chi connectivity index (χ3n) is 6.72. The molecule has 1 heterocycles. The second-order valence-corrected chi connectivity index (χ2v) is 10.6. The second kappa shape index (κ2) is 10.7. The van der Waals surface area contributed by atoms with Crippen LogP contribution in [0.2, 0.25) is 0 Å². The predicted molar refractivity (Wildman–Crippen MR) is 136 cm³/mol. The summed E-state index contributed by atoms with van der Waals surface area (Å²) in [6.45, 7) is 5.82. The summed E-state index contributed by atoms with van der Waals surface area (Å²) in [4.78, 5) is 39.6. The summed E-state index contributed by atoms with van der Waals surface area (Å²) in [6, 6.07) is 14.4. The van der Waals surface area contributed by atoms with Crippen LogP contribution in [-0.2, 0) is 14.3 Å². The Morgan fingerprint density at radius 1 is 1.09 bits per heavy atom. The number of thioether (sulfide) groups is 1. The lowest BCUT2D eigenvalue weighted by Gasteiger charge is -2.32. The van der Waals surface area contributed by atoms with Crippen LogP contribution in [0.25, 0.3) is 11.1 Å². The van der Waals surface area contributed by atoms with Gasteiger partial charge in [0.15, 0.2) is 0 Å². The number of amides is 2. The van der Waals surface area contributed by atoms with Crippen LogP contribution in [0, 0.1) is 5.92 Å². The molecule has 2 aromatic rings. The van der Waals surface area contributed by atoms with Crippen molar-refractivity contribution in [2.45, 2.75) is 57.0 Å². The monoisotopic (exact) mass is 496 g/mol. The summed E-state index contributed by atoms with van der Waals surface area (Å²) in [5, 5.41) is 12.2. The summed E-state index contributed by atoms with van der Waals surface area (Å²) in [7, 11) is 0. The number of nitrogens with zero attached hydrogens (tertiary/aromatic N) is 1. The van der Waals surface area contributed by atoms with Gasteiger partial charge in [-0.15, -0.1) is 11.8 Å². The summed E-state index contributed by atoms with van der Waals surface area (Å²) >= 11 is 1.48. The zero-order chi connectivity index (χ0) is 25.1. The average Bonchev–Trinajstić information content (AvgIpc) is 3.40. The smallest absolute Gasteiger partial charge is 0.407 e. The molecule has 0 bridgehead atoms. The van der Waals surface area contributed by atoms with Crippen molar-refractivity contribution in [2.75, 3.05) is 12.4 Å². The Balaban J connectivity index is 1.46. The van der Waals surface area contributed by atoms with E-state index < -0.39 is 24.1 Å². The number of fused-ring (bicyclic) bond motifs is 3. The molecule has 1 fully saturated rings. The molecule has 4 rings (SSSR count). The predicted octanol–water partition coefficient (Wildman–Crippen LogP) is 4.70. The van der Waals surface area contributed by atoms with Gasteiger partial charge in [-0.25, -0.2) is 9.59 Å². The maximum Gasteiger partial charge on any atom is 0.407 e. The fourth-order valence-electron chi connectivity index (χ4n) is 4.96. The highest BCUT2D eigenvalue weighted by Crippen LogP contribution is 2.44. The second-order valence-electron chi connectivity index (χ2n) is 9.37. The van der Waals surface area contributed by atoms with Gasteiger partial charge < -0.3 is 20.1 Å². The van der Waals surface area contributed by atoms with E-state index in [2.05, 4.69) is 17.4 Å². The van der Waals surface area contributed by atoms with Gasteiger partial charge >= 0.3 is 12.1 Å². The van der Waals surface area contributed by atoms with E-state index in [9.17, 15) is 19.5 Å². The van der Waals surface area contributed by atoms with Crippen molar-refractivity contribution in [1.29, 1.82) is 0 Å². The lowest BCUT2D eigenvalue weighted by atomic mass is 9.98. The number of hydrogen-bond donors (Lipinski definition) is 2. The fraction of sp³-hybridized carbons (Fsp3) is 0.444. The highest BCUT2D eigenvalue weighted by Gasteiger charge is 2.44. The van der Waals surface area contributed by atoms with Gasteiger partial charge in [0, 0.05) is 11.7 Å². The normalized spacial score (nSPS) is 19.8. The van der Waals surface area contributed by atoms with Crippen molar-refractivity contribution in [3.05, 3.63) is 59.7 Å². The van der Waals surface area contributed by atoms with Crippen molar-refractivity contribution in [3.63, 3.8) is 0 Å². The molecule has 0 radical (unpaired) electrons. The third kappa shape index (κ3) is 5.03. The van der Waals surface area contributed by atoms with Crippen LogP contribution < -0.4 is 5.32 Å². The number of aliphatic carboxylic acids is 1. The van der Waals surface area contributed by atoms with Crippen LogP contribution >= 0.6 is 11.8 Å². The van der Waals surface area contributed by atoms with Gasteiger partial charge in [-0.05, 0) is 34.6 Å². The molecule has 2 amide bonds. The topological polar surface area (TPSA) is 95.9 Å². The first-order valence-corrected chi connectivity index (χ1v) is 13.2. The minimum absolute atomic E-state index is 0.0818. The van der Waals surface area contributed by atoms with Crippen LogP contribution in [0.1, 0.15) is 50.7 Å². The molecule has 7 nitrogen and oxygen atoms in total. The van der Waals surface area contributed by atoms with E-state index in [-0.39, 0.29) is 29.7 Å². The number of carbonyl (C=O) groups excluding carboxylic acids is 2. The Morgan fingerprint density at radius 3 is 2.23 bits per heavy atom. The minimum atomic E-state index is -1.02. The molecule has 3 atom stereocenters. The molecule has 35 heavy (non-hydrogen) atoms. The van der Waals surface area contributed by atoms with E-state index in [1.165, 1.54) is 16.7 Å². The molecule has 2 N–H and O–H groups in total. The number of carboxylic acid groups (broad SMARTS) is 1. The molecule has 0 aromatic heterocycles. The number of alkyl carbamates (subject to hydrolysis) is 1. The molecule has 8 heteroatoms. The summed E-state index contributed by atoms with van der Waals surface area (Å²) < 4.78 is 5.64. The first kappa shape index (κ1) is 25.1. The maximum atomic E-state index is 13.5. The number of ether oxygens (including phenoxy) is 1. The molecule has 0 spiro atoms. The standard InChI is InChI=1S/C27H32N2O5S/c1-4-9-23-29(22(15-35-23)26(31)32)25(30)24(16(2)3)28-27(33)34-14-21-19-12-7-5-10-17(19)18-11-6-8-13-20(18)21/h5-8,10-13,16,21-24H,4,9,14-15H2,1-3H3,(H,28,33)(H,31,32)/t22?,23?,24-/m1/s1. The van der Waals surface area contributed by atoms with Crippen LogP contribution in [0.4, 0.5) is 4.79 Å². The van der Waals surface area contributed by atoms with Crippen LogP contribution in [0.15, 0.2) is 48.5 Å². The Morgan fingerprint density at radius 2 is 1.69 bits per heavy atom. The van der Waals surface area contributed by atoms with E-state index >= 15 is 0 Å². The van der Waals surface area contributed by atoms with Crippen LogP contribution in [0.3, 0.4) is 0 Å². The Labute approximate surface area is 210 Å². The number of hydrogen-bond acceptors (Lipinski definition) is 5. The third-order valence-corrected chi connectivity index (χ3v) is 8.07. The molecule has 0 saturated carbocycles. The SMILES string of the molecule is CCCC1SCC(C(=O)O)N1C(=O)[C@H](NC(=O)OCC1c2ccccc2-c2ccccc21)C(C)C. The first-order valence-electron chi connectivity index (χ1n) is 12.1. The van der Waals surface area contributed by atoms with Gasteiger partial charge in [-0.3, -0.25) is 4.79 Å². The van der Waals surface area contributed by atoms with E-state index in [1.807, 2.05) is 57.2 Å². The molecule has 2 aromatic carbocycles. The van der Waals surface area contributed by atoms with E-state index in [4.69, 9.17) is 4.74 Å². The van der Waals surface area contributed by atoms with Crippen molar-refractivity contribution in [2.24, 2.45) is 5.92 Å². The molecule has 186 valence electrons. The molecule has 2 aliphatic rings. The van der Waals surface area contributed by atoms with Crippen molar-refractivity contribution in [1.82, 2.24) is 10.2 Å². The summed E-state index contributed by atoms with van der Waals surface area (Å²) in [5.74, 6) is -1.36. The fourth-order valence-corrected chi connectivity index (χ4v) is 6.48. The molecule has 2 unspecified atom stereocenters. The van der Waals surface area contributed by atoms with Gasteiger partial charge in [0.05, 0.1) is 5.37 Å². The number of benzene rings is 2. The van der Waals surface area contributed by atoms with Crippen molar-refractivity contribution >= 4 is 29.7 Å². The van der Waals surface area contributed by atoms with Gasteiger partial charge in [0.1, 0.15) is 18.7 Å². The van der Waals surface area contributed by atoms with Crippen LogP contribution in [-0.4, -0.2) is 57.8 Å². The molecular formula is C27H32N2O5S. The van der Waals surface area contributed by atoms with Gasteiger partial charge in [-0.1, -0.05) is 75.7 Å². The van der Waals surface area contributed by atoms with Gasteiger partial charge in [0.2, 0.25) is 5.91 Å². The zero-order valence-corrected chi connectivity index (χ0v) is 21.1. The van der Waals surface area contributed by atoms with E-state index in [0.29, 0.717) is 12.2 Å². The van der Waals surface area contributed by atoms with Gasteiger partial charge in [0.25, 0.3) is 0 Å². The maximum absolute atomic E-state index is 13.5. The van der Waals surface area contributed by atoms with Crippen molar-refractivity contribution < 1.29 is 24.2 Å². The number of carbonyl (C=O) groups is 3. The first-order chi connectivity index (χ1) is 16.8. The molecule has 1 aliphatic carbocycles.